The van der Waals surface area contributed by atoms with E-state index >= 15 is 0 Å². The molecular weight excluding hydrogens is 364 g/mol. The van der Waals surface area contributed by atoms with E-state index in [-0.39, 0.29) is 17.4 Å². The molecule has 1 atom stereocenters. The second-order valence-electron chi connectivity index (χ2n) is 7.32. The third kappa shape index (κ3) is 7.05. The maximum Gasteiger partial charge on any atom is 0.568 e. The van der Waals surface area contributed by atoms with Gasteiger partial charge < -0.3 is 18.8 Å². The van der Waals surface area contributed by atoms with Gasteiger partial charge in [-0.05, 0) is 42.4 Å². The Balaban J connectivity index is 2.87. The van der Waals surface area contributed by atoms with Crippen molar-refractivity contribution in [3.63, 3.8) is 0 Å². The molecule has 0 amide bonds. The number of rotatable bonds is 8. The third-order valence-electron chi connectivity index (χ3n) is 4.26. The molecular formula is C17H25BF3O4Si. The molecule has 145 valence electrons. The summed E-state index contributed by atoms with van der Waals surface area (Å²) in [5.41, 5.74) is -0.773. The van der Waals surface area contributed by atoms with Gasteiger partial charge in [0.1, 0.15) is 18.5 Å². The fourth-order valence-corrected chi connectivity index (χ4v) is 3.05. The van der Waals surface area contributed by atoms with E-state index in [4.69, 9.17) is 14.2 Å². The van der Waals surface area contributed by atoms with Crippen molar-refractivity contribution in [3.05, 3.63) is 42.2 Å². The molecule has 1 N–H and O–H groups in total. The van der Waals surface area contributed by atoms with Crippen molar-refractivity contribution in [1.82, 2.24) is 0 Å². The number of hydrogen-bond donors (Lipinski definition) is 1. The van der Waals surface area contributed by atoms with Crippen molar-refractivity contribution in [2.45, 2.75) is 51.2 Å². The number of hydrogen-bond acceptors (Lipinski definition) is 4. The van der Waals surface area contributed by atoms with Crippen molar-refractivity contribution in [2.75, 3.05) is 6.61 Å². The van der Waals surface area contributed by atoms with Crippen LogP contribution in [0.15, 0.2) is 36.6 Å². The van der Waals surface area contributed by atoms with Crippen LogP contribution >= 0.6 is 0 Å². The van der Waals surface area contributed by atoms with Gasteiger partial charge in [0.2, 0.25) is 0 Å². The second kappa shape index (κ2) is 8.97. The average Bonchev–Trinajstić information content (AvgIpc) is 2.51. The van der Waals surface area contributed by atoms with Gasteiger partial charge in [0.05, 0.1) is 11.8 Å². The first-order valence-corrected chi connectivity index (χ1v) is 11.0. The van der Waals surface area contributed by atoms with Crippen LogP contribution in [-0.4, -0.2) is 33.7 Å². The molecule has 1 radical (unpaired) electrons. The topological polar surface area (TPSA) is 47.9 Å². The Bertz CT molecular complexity index is 600. The highest BCUT2D eigenvalue weighted by Crippen LogP contribution is 2.37. The molecule has 0 spiro atoms. The molecule has 0 aromatic heterocycles. The van der Waals surface area contributed by atoms with Gasteiger partial charge >= 0.3 is 13.9 Å². The van der Waals surface area contributed by atoms with Crippen LogP contribution in [0.3, 0.4) is 0 Å². The Morgan fingerprint density at radius 1 is 1.23 bits per heavy atom. The number of benzene rings is 1. The monoisotopic (exact) mass is 389 g/mol. The lowest BCUT2D eigenvalue weighted by molar-refractivity contribution is -0.137. The zero-order chi connectivity index (χ0) is 20.0. The lowest BCUT2D eigenvalue weighted by Gasteiger charge is -2.38. The average molecular weight is 389 g/mol. The standard InChI is InChI=1S/C17H25BF3O4Si/c1-16(2,3)26(4,5)25-15(9-10-24-18-22)12-23-14-8-6-7-13(11-14)17(19,20)21/h6-11,15,22H,12H2,1-5H3/b10-9+/t15-/m1/s1. The fourth-order valence-electron chi connectivity index (χ4n) is 1.79. The molecule has 0 saturated carbocycles. The zero-order valence-corrected chi connectivity index (χ0v) is 16.6. The lowest BCUT2D eigenvalue weighted by Crippen LogP contribution is -2.44. The van der Waals surface area contributed by atoms with Crippen LogP contribution in [0.5, 0.6) is 5.75 Å². The van der Waals surface area contributed by atoms with Crippen LogP contribution < -0.4 is 4.74 Å². The van der Waals surface area contributed by atoms with Gasteiger partial charge in [0.15, 0.2) is 8.32 Å². The molecule has 9 heteroatoms. The normalized spacial score (nSPS) is 14.3. The fraction of sp³-hybridized carbons (Fsp3) is 0.529. The summed E-state index contributed by atoms with van der Waals surface area (Å²) in [7, 11) is -1.63. The van der Waals surface area contributed by atoms with Gasteiger partial charge in [-0.25, -0.2) is 0 Å². The van der Waals surface area contributed by atoms with E-state index in [2.05, 4.69) is 38.5 Å². The summed E-state index contributed by atoms with van der Waals surface area (Å²) in [5, 5.41) is 8.53. The van der Waals surface area contributed by atoms with Crippen molar-refractivity contribution in [2.24, 2.45) is 0 Å². The smallest absolute Gasteiger partial charge is 0.543 e. The molecule has 4 nitrogen and oxygen atoms in total. The van der Waals surface area contributed by atoms with E-state index in [1.54, 1.807) is 6.08 Å². The summed E-state index contributed by atoms with van der Waals surface area (Å²) in [4.78, 5) is 0. The maximum absolute atomic E-state index is 12.8. The first-order chi connectivity index (χ1) is 11.9. The van der Waals surface area contributed by atoms with E-state index in [1.165, 1.54) is 18.4 Å². The Labute approximate surface area is 154 Å². The molecule has 0 unspecified atom stereocenters. The Morgan fingerprint density at radius 3 is 2.42 bits per heavy atom. The molecule has 1 aromatic carbocycles. The predicted molar refractivity (Wildman–Crippen MR) is 97.2 cm³/mol. The van der Waals surface area contributed by atoms with Gasteiger partial charge in [-0.3, -0.25) is 0 Å². The molecule has 0 fully saturated rings. The summed E-state index contributed by atoms with van der Waals surface area (Å²) in [6.45, 7) is 10.3. The van der Waals surface area contributed by atoms with E-state index in [1.807, 2.05) is 0 Å². The second-order valence-corrected chi connectivity index (χ2v) is 12.1. The number of halogens is 3. The van der Waals surface area contributed by atoms with Crippen LogP contribution in [0, 0.1) is 0 Å². The van der Waals surface area contributed by atoms with Crippen LogP contribution in [-0.2, 0) is 15.3 Å². The van der Waals surface area contributed by atoms with Crippen molar-refractivity contribution >= 4 is 16.0 Å². The van der Waals surface area contributed by atoms with Crippen molar-refractivity contribution in [1.29, 1.82) is 0 Å². The minimum atomic E-state index is -4.43. The first kappa shape index (κ1) is 22.6. The quantitative estimate of drug-likeness (QED) is 0.524. The van der Waals surface area contributed by atoms with Gasteiger partial charge in [0, 0.05) is 0 Å². The highest BCUT2D eigenvalue weighted by Gasteiger charge is 2.39. The van der Waals surface area contributed by atoms with Gasteiger partial charge in [-0.2, -0.15) is 13.2 Å². The largest absolute Gasteiger partial charge is 0.568 e. The SMILES string of the molecule is CC(C)(C)[Si](C)(C)O[C@H](/C=C/O[B]O)COc1cccc(C(F)(F)F)c1. The third-order valence-corrected chi connectivity index (χ3v) is 8.76. The maximum atomic E-state index is 12.8. The zero-order valence-electron chi connectivity index (χ0n) is 15.6. The Hall–Kier alpha value is -1.45. The highest BCUT2D eigenvalue weighted by atomic mass is 28.4. The molecule has 0 aliphatic rings. The molecule has 0 bridgehead atoms. The highest BCUT2D eigenvalue weighted by molar-refractivity contribution is 6.74. The number of ether oxygens (including phenoxy) is 1. The minimum Gasteiger partial charge on any atom is -0.543 e. The van der Waals surface area contributed by atoms with Gasteiger partial charge in [-0.15, -0.1) is 0 Å². The minimum absolute atomic E-state index is 0.0130. The van der Waals surface area contributed by atoms with E-state index in [9.17, 15) is 13.2 Å². The summed E-state index contributed by atoms with van der Waals surface area (Å²) < 4.78 is 54.8. The van der Waals surface area contributed by atoms with E-state index in [0.29, 0.717) is 7.69 Å². The summed E-state index contributed by atoms with van der Waals surface area (Å²) in [5.74, 6) is 0.103. The van der Waals surface area contributed by atoms with Crippen LogP contribution in [0.2, 0.25) is 18.1 Å². The summed E-state index contributed by atoms with van der Waals surface area (Å²) >= 11 is 0. The van der Waals surface area contributed by atoms with Crippen LogP contribution in [0.1, 0.15) is 26.3 Å². The Morgan fingerprint density at radius 2 is 1.88 bits per heavy atom. The van der Waals surface area contributed by atoms with Crippen molar-refractivity contribution < 1.29 is 32.0 Å². The molecule has 1 rings (SSSR count). The predicted octanol–water partition coefficient (Wildman–Crippen LogP) is 4.53. The molecule has 26 heavy (non-hydrogen) atoms. The van der Waals surface area contributed by atoms with Crippen molar-refractivity contribution in [3.8, 4) is 5.75 Å². The summed E-state index contributed by atoms with van der Waals surface area (Å²) in [6.07, 6.45) is -2.17. The van der Waals surface area contributed by atoms with E-state index in [0.717, 1.165) is 12.1 Å². The van der Waals surface area contributed by atoms with Crippen LogP contribution in [0.25, 0.3) is 0 Å². The van der Waals surface area contributed by atoms with E-state index < -0.39 is 26.2 Å². The number of alkyl halides is 3. The first-order valence-electron chi connectivity index (χ1n) is 8.13. The molecule has 0 heterocycles. The summed E-state index contributed by atoms with van der Waals surface area (Å²) in [6, 6.07) is 4.69. The molecule has 0 saturated heterocycles. The molecule has 0 aliphatic heterocycles. The van der Waals surface area contributed by atoms with Gasteiger partial charge in [-0.1, -0.05) is 26.8 Å². The van der Waals surface area contributed by atoms with Gasteiger partial charge in [0.25, 0.3) is 0 Å². The van der Waals surface area contributed by atoms with Crippen LogP contribution in [0.4, 0.5) is 13.2 Å². The lowest BCUT2D eigenvalue weighted by atomic mass is 10.2. The Kier molecular flexibility index (Phi) is 7.79. The molecule has 0 aliphatic carbocycles. The molecule has 1 aromatic rings.